The second-order valence-electron chi connectivity index (χ2n) is 5.70. The number of sulfonamides is 1. The first-order valence-corrected chi connectivity index (χ1v) is 9.98. The lowest BCUT2D eigenvalue weighted by atomic mass is 10.2. The van der Waals surface area contributed by atoms with Crippen LogP contribution in [0.3, 0.4) is 0 Å². The highest BCUT2D eigenvalue weighted by molar-refractivity contribution is 7.89. The van der Waals surface area contributed by atoms with Crippen LogP contribution in [0.4, 0.5) is 0 Å². The predicted molar refractivity (Wildman–Crippen MR) is 102 cm³/mol. The minimum Gasteiger partial charge on any atom is -0.493 e. The molecular formula is C18H21ClN2O5S. The van der Waals surface area contributed by atoms with E-state index >= 15 is 0 Å². The van der Waals surface area contributed by atoms with Crippen molar-refractivity contribution in [2.75, 3.05) is 27.3 Å². The molecule has 0 aliphatic heterocycles. The number of nitrogens with zero attached hydrogens (tertiary/aromatic N) is 1. The van der Waals surface area contributed by atoms with Crippen molar-refractivity contribution in [2.45, 2.75) is 11.3 Å². The molecule has 2 aromatic rings. The number of halogens is 1. The molecule has 27 heavy (non-hydrogen) atoms. The molecule has 0 unspecified atom stereocenters. The van der Waals surface area contributed by atoms with Crippen LogP contribution in [0.25, 0.3) is 0 Å². The first-order valence-electron chi connectivity index (χ1n) is 8.12. The van der Waals surface area contributed by atoms with Crippen molar-refractivity contribution in [1.29, 1.82) is 0 Å². The van der Waals surface area contributed by atoms with Gasteiger partial charge in [0.15, 0.2) is 0 Å². The average molecular weight is 413 g/mol. The van der Waals surface area contributed by atoms with Gasteiger partial charge in [0.2, 0.25) is 0 Å². The van der Waals surface area contributed by atoms with Crippen molar-refractivity contribution in [1.82, 2.24) is 9.79 Å². The third-order valence-corrected chi connectivity index (χ3v) is 5.17. The van der Waals surface area contributed by atoms with Crippen LogP contribution in [-0.4, -0.2) is 46.5 Å². The zero-order valence-corrected chi connectivity index (χ0v) is 16.6. The molecule has 0 atom stereocenters. The lowest BCUT2D eigenvalue weighted by Crippen LogP contribution is -2.28. The van der Waals surface area contributed by atoms with Crippen molar-refractivity contribution >= 4 is 27.5 Å². The number of benzene rings is 2. The summed E-state index contributed by atoms with van der Waals surface area (Å²) in [6.45, 7) is 0.933. The van der Waals surface area contributed by atoms with Gasteiger partial charge in [0.05, 0.1) is 18.6 Å². The first kappa shape index (κ1) is 21.2. The molecule has 0 fully saturated rings. The van der Waals surface area contributed by atoms with Crippen LogP contribution in [0.15, 0.2) is 53.4 Å². The van der Waals surface area contributed by atoms with Crippen molar-refractivity contribution in [3.8, 4) is 5.75 Å². The Bertz CT molecular complexity index is 872. The van der Waals surface area contributed by atoms with Crippen LogP contribution in [0, 0.1) is 0 Å². The number of amides is 1. The van der Waals surface area contributed by atoms with Crippen LogP contribution in [0.5, 0.6) is 5.75 Å². The minimum absolute atomic E-state index is 0.0125. The Morgan fingerprint density at radius 1 is 1.19 bits per heavy atom. The van der Waals surface area contributed by atoms with Crippen LogP contribution < -0.4 is 9.62 Å². The predicted octanol–water partition coefficient (Wildman–Crippen LogP) is 2.72. The maximum absolute atomic E-state index is 12.4. The van der Waals surface area contributed by atoms with Gasteiger partial charge in [0, 0.05) is 24.2 Å². The van der Waals surface area contributed by atoms with Gasteiger partial charge in [-0.2, -0.15) is 0 Å². The number of rotatable bonds is 9. The van der Waals surface area contributed by atoms with Crippen molar-refractivity contribution in [2.24, 2.45) is 0 Å². The smallest absolute Gasteiger partial charge is 0.262 e. The van der Waals surface area contributed by atoms with Crippen molar-refractivity contribution < 1.29 is 22.8 Å². The van der Waals surface area contributed by atoms with Gasteiger partial charge in [-0.15, -0.1) is 0 Å². The number of carbonyl (C=O) groups excluding carboxylic acids is 1. The lowest BCUT2D eigenvalue weighted by Gasteiger charge is -2.17. The molecule has 0 saturated carbocycles. The van der Waals surface area contributed by atoms with E-state index in [4.69, 9.17) is 16.3 Å². The summed E-state index contributed by atoms with van der Waals surface area (Å²) in [4.78, 5) is 20.3. The Morgan fingerprint density at radius 2 is 1.89 bits per heavy atom. The summed E-state index contributed by atoms with van der Waals surface area (Å²) in [6.07, 6.45) is 0.638. The van der Waals surface area contributed by atoms with Gasteiger partial charge < -0.3 is 9.64 Å². The Hall–Kier alpha value is -2.13. The van der Waals surface area contributed by atoms with E-state index in [9.17, 15) is 13.2 Å². The second-order valence-corrected chi connectivity index (χ2v) is 7.78. The summed E-state index contributed by atoms with van der Waals surface area (Å²) in [7, 11) is -0.855. The van der Waals surface area contributed by atoms with Crippen molar-refractivity contribution in [3.63, 3.8) is 0 Å². The summed E-state index contributed by atoms with van der Waals surface area (Å²) >= 11 is 5.89. The third kappa shape index (κ3) is 6.21. The van der Waals surface area contributed by atoms with E-state index in [2.05, 4.69) is 4.84 Å². The molecule has 2 rings (SSSR count). The Labute approximate surface area is 163 Å². The lowest BCUT2D eigenvalue weighted by molar-refractivity contribution is 0.0787. The van der Waals surface area contributed by atoms with Crippen molar-refractivity contribution in [3.05, 3.63) is 59.1 Å². The Morgan fingerprint density at radius 3 is 2.52 bits per heavy atom. The Kier molecular flexibility index (Phi) is 7.61. The molecule has 0 radical (unpaired) electrons. The van der Waals surface area contributed by atoms with E-state index in [0.717, 1.165) is 0 Å². The van der Waals surface area contributed by atoms with Gasteiger partial charge in [-0.3, -0.25) is 9.63 Å². The summed E-state index contributed by atoms with van der Waals surface area (Å²) in [5.74, 6) is 0.472. The number of nitrogens with one attached hydrogen (secondary N) is 1. The van der Waals surface area contributed by atoms with E-state index in [1.807, 2.05) is 11.0 Å². The van der Waals surface area contributed by atoms with E-state index in [0.29, 0.717) is 35.9 Å². The monoisotopic (exact) mass is 412 g/mol. The SMILES string of the molecule is CONS(=O)(=O)c1ccc(C(=O)N(C)CCCOc2cccc(Cl)c2)cc1. The summed E-state index contributed by atoms with van der Waals surface area (Å²) < 4.78 is 29.2. The topological polar surface area (TPSA) is 84.9 Å². The highest BCUT2D eigenvalue weighted by atomic mass is 35.5. The molecule has 146 valence electrons. The van der Waals surface area contributed by atoms with E-state index in [-0.39, 0.29) is 10.8 Å². The molecule has 2 aromatic carbocycles. The standard InChI is InChI=1S/C18H21ClN2O5S/c1-21(11-4-12-26-16-6-3-5-15(19)13-16)18(22)14-7-9-17(10-8-14)27(23,24)20-25-2/h3,5-10,13,20H,4,11-12H2,1-2H3. The molecule has 0 aliphatic rings. The summed E-state index contributed by atoms with van der Waals surface area (Å²) in [6, 6.07) is 12.7. The van der Waals surface area contributed by atoms with E-state index in [1.54, 1.807) is 30.1 Å². The normalized spacial score (nSPS) is 11.2. The molecule has 0 aromatic heterocycles. The maximum Gasteiger partial charge on any atom is 0.262 e. The molecule has 0 aliphatic carbocycles. The molecule has 0 saturated heterocycles. The van der Waals surface area contributed by atoms with Crippen LogP contribution in [0.2, 0.25) is 5.02 Å². The molecule has 9 heteroatoms. The van der Waals surface area contributed by atoms with E-state index < -0.39 is 10.0 Å². The number of hydrogen-bond donors (Lipinski definition) is 1. The minimum atomic E-state index is -3.74. The van der Waals surface area contributed by atoms with Crippen LogP contribution >= 0.6 is 11.6 Å². The van der Waals surface area contributed by atoms with Gasteiger partial charge in [0.1, 0.15) is 5.75 Å². The maximum atomic E-state index is 12.4. The van der Waals surface area contributed by atoms with E-state index in [1.165, 1.54) is 31.4 Å². The molecule has 0 bridgehead atoms. The van der Waals surface area contributed by atoms with Gasteiger partial charge in [0.25, 0.3) is 15.9 Å². The fourth-order valence-corrected chi connectivity index (χ4v) is 3.30. The largest absolute Gasteiger partial charge is 0.493 e. The fourth-order valence-electron chi connectivity index (χ4n) is 2.30. The zero-order valence-electron chi connectivity index (χ0n) is 15.0. The molecular weight excluding hydrogens is 392 g/mol. The number of carbonyl (C=O) groups is 1. The summed E-state index contributed by atoms with van der Waals surface area (Å²) in [5, 5.41) is 0.603. The molecule has 1 amide bonds. The van der Waals surface area contributed by atoms with Gasteiger partial charge >= 0.3 is 0 Å². The average Bonchev–Trinajstić information content (AvgIpc) is 2.64. The number of ether oxygens (including phenoxy) is 1. The fraction of sp³-hybridized carbons (Fsp3) is 0.278. The highest BCUT2D eigenvalue weighted by Gasteiger charge is 2.16. The molecule has 0 heterocycles. The zero-order chi connectivity index (χ0) is 19.9. The second kappa shape index (κ2) is 9.70. The summed E-state index contributed by atoms with van der Waals surface area (Å²) in [5.41, 5.74) is 0.393. The first-order chi connectivity index (χ1) is 12.8. The molecule has 7 nitrogen and oxygen atoms in total. The molecule has 1 N–H and O–H groups in total. The van der Waals surface area contributed by atoms with Crippen LogP contribution in [-0.2, 0) is 14.9 Å². The highest BCUT2D eigenvalue weighted by Crippen LogP contribution is 2.17. The third-order valence-electron chi connectivity index (χ3n) is 3.65. The van der Waals surface area contributed by atoms with Gasteiger partial charge in [-0.1, -0.05) is 22.6 Å². The Balaban J connectivity index is 1.85. The van der Waals surface area contributed by atoms with Gasteiger partial charge in [-0.05, 0) is 48.9 Å². The molecule has 0 spiro atoms. The number of hydrogen-bond acceptors (Lipinski definition) is 5. The quantitative estimate of drug-likeness (QED) is 0.505. The van der Waals surface area contributed by atoms with Crippen LogP contribution in [0.1, 0.15) is 16.8 Å². The van der Waals surface area contributed by atoms with Gasteiger partial charge in [-0.25, -0.2) is 8.42 Å².